The van der Waals surface area contributed by atoms with Crippen LogP contribution in [0.15, 0.2) is 95.0 Å². The van der Waals surface area contributed by atoms with Crippen LogP contribution in [0.5, 0.6) is 0 Å². The second kappa shape index (κ2) is 10.8. The molecule has 0 aromatic carbocycles. The molecule has 3 heterocycles. The summed E-state index contributed by atoms with van der Waals surface area (Å²) in [5.74, 6) is 0.635. The summed E-state index contributed by atoms with van der Waals surface area (Å²) in [5.41, 5.74) is 5.38. The van der Waals surface area contributed by atoms with Crippen molar-refractivity contribution in [3.05, 3.63) is 95.8 Å². The Balaban J connectivity index is 1.93. The van der Waals surface area contributed by atoms with Gasteiger partial charge in [0.05, 0.1) is 17.8 Å². The molecule has 5 nitrogen and oxygen atoms in total. The number of aromatic nitrogens is 1. The summed E-state index contributed by atoms with van der Waals surface area (Å²) in [6.07, 6.45) is 17.7. The van der Waals surface area contributed by atoms with Crippen LogP contribution in [-0.4, -0.2) is 36.4 Å². The zero-order valence-electron chi connectivity index (χ0n) is 22.9. The second-order valence-corrected chi connectivity index (χ2v) is 9.71. The molecule has 3 aliphatic rings. The van der Waals surface area contributed by atoms with E-state index in [4.69, 9.17) is 4.98 Å². The van der Waals surface area contributed by atoms with Crippen LogP contribution in [0.1, 0.15) is 47.5 Å². The molecule has 0 spiro atoms. The number of aliphatic imine (C=N–C) groups is 1. The van der Waals surface area contributed by atoms with Crippen LogP contribution in [0.2, 0.25) is 0 Å². The van der Waals surface area contributed by atoms with Gasteiger partial charge in [-0.25, -0.2) is 9.37 Å². The molecule has 0 radical (unpaired) electrons. The number of hydrogen-bond acceptors (Lipinski definition) is 5. The van der Waals surface area contributed by atoms with Crippen molar-refractivity contribution in [1.29, 1.82) is 0 Å². The minimum atomic E-state index is -0.394. The van der Waals surface area contributed by atoms with E-state index in [1.807, 2.05) is 49.1 Å². The number of anilines is 3. The van der Waals surface area contributed by atoms with E-state index in [1.54, 1.807) is 12.3 Å². The van der Waals surface area contributed by atoms with Gasteiger partial charge in [0.15, 0.2) is 17.5 Å². The molecule has 0 N–H and O–H groups in total. The third-order valence-electron chi connectivity index (χ3n) is 7.58. The van der Waals surface area contributed by atoms with Crippen molar-refractivity contribution in [3.63, 3.8) is 0 Å². The summed E-state index contributed by atoms with van der Waals surface area (Å²) < 4.78 is 16.1. The normalized spacial score (nSPS) is 23.0. The molecule has 0 bridgehead atoms. The molecule has 37 heavy (non-hydrogen) atoms. The zero-order chi connectivity index (χ0) is 26.9. The molecule has 1 aliphatic carbocycles. The van der Waals surface area contributed by atoms with Crippen LogP contribution in [0.4, 0.5) is 21.7 Å². The van der Waals surface area contributed by atoms with Crippen LogP contribution >= 0.6 is 0 Å². The predicted octanol–water partition coefficient (Wildman–Crippen LogP) is 7.24. The Bertz CT molecular complexity index is 1280. The Morgan fingerprint density at radius 3 is 2.65 bits per heavy atom. The van der Waals surface area contributed by atoms with E-state index in [2.05, 4.69) is 68.1 Å². The highest BCUT2D eigenvalue weighted by Gasteiger charge is 2.40. The summed E-state index contributed by atoms with van der Waals surface area (Å²) >= 11 is 0. The van der Waals surface area contributed by atoms with E-state index in [9.17, 15) is 0 Å². The van der Waals surface area contributed by atoms with E-state index in [0.29, 0.717) is 0 Å². The Kier molecular flexibility index (Phi) is 7.67. The predicted molar refractivity (Wildman–Crippen MR) is 156 cm³/mol. The van der Waals surface area contributed by atoms with Crippen molar-refractivity contribution < 1.29 is 4.39 Å². The van der Waals surface area contributed by atoms with E-state index >= 15 is 4.39 Å². The number of allylic oxidation sites excluding steroid dienone is 5. The van der Waals surface area contributed by atoms with Gasteiger partial charge in [-0.2, -0.15) is 0 Å². The third-order valence-corrected chi connectivity index (χ3v) is 7.58. The molecule has 6 heteroatoms. The summed E-state index contributed by atoms with van der Waals surface area (Å²) in [6.45, 7) is 19.1. The average molecular weight is 500 g/mol. The number of fused-ring (bicyclic) bond motifs is 1. The van der Waals surface area contributed by atoms with Crippen molar-refractivity contribution in [3.8, 4) is 0 Å². The highest BCUT2D eigenvalue weighted by Crippen LogP contribution is 2.46. The summed E-state index contributed by atoms with van der Waals surface area (Å²) in [5, 5.41) is 0. The zero-order valence-corrected chi connectivity index (χ0v) is 22.9. The number of nitrogens with zero attached hydrogens (tertiary/aromatic N) is 5. The standard InChI is InChI=1S/C31H38FN5/c1-9-17-33-19-24(11-3)29-26-16-14-12-13-15-25(26)23(7)37(29)30-27(32)18-28-31(34-30)36(20(4)10-2)22(6)21(5)35(28)8/h9,11,13-20,22,29H,5,7,10,12H2,1-4,6,8H3/b17-9-,24-11+,33-19+. The van der Waals surface area contributed by atoms with Crippen LogP contribution in [0, 0.1) is 5.82 Å². The van der Waals surface area contributed by atoms with Gasteiger partial charge in [0, 0.05) is 48.5 Å². The molecule has 2 aliphatic heterocycles. The van der Waals surface area contributed by atoms with Gasteiger partial charge < -0.3 is 14.7 Å². The number of hydrogen-bond donors (Lipinski definition) is 0. The van der Waals surface area contributed by atoms with Gasteiger partial charge in [-0.3, -0.25) is 4.99 Å². The fourth-order valence-corrected chi connectivity index (χ4v) is 5.30. The smallest absolute Gasteiger partial charge is 0.172 e. The van der Waals surface area contributed by atoms with Crippen LogP contribution in [0.3, 0.4) is 0 Å². The molecule has 194 valence electrons. The van der Waals surface area contributed by atoms with Crippen LogP contribution in [-0.2, 0) is 0 Å². The van der Waals surface area contributed by atoms with Crippen molar-refractivity contribution in [2.45, 2.75) is 65.6 Å². The van der Waals surface area contributed by atoms with Crippen molar-refractivity contribution in [2.24, 2.45) is 4.99 Å². The highest BCUT2D eigenvalue weighted by atomic mass is 19.1. The third kappa shape index (κ3) is 4.50. The summed E-state index contributed by atoms with van der Waals surface area (Å²) in [6, 6.07) is 1.54. The molecule has 0 saturated heterocycles. The first-order valence-electron chi connectivity index (χ1n) is 13.0. The van der Waals surface area contributed by atoms with Crippen LogP contribution < -0.4 is 14.7 Å². The fraction of sp³-hybridized carbons (Fsp3) is 0.355. The molecular weight excluding hydrogens is 461 g/mol. The average Bonchev–Trinajstić information content (AvgIpc) is 3.03. The molecule has 1 aromatic heterocycles. The van der Waals surface area contributed by atoms with Gasteiger partial charge in [-0.05, 0) is 51.7 Å². The lowest BCUT2D eigenvalue weighted by atomic mass is 9.97. The Labute approximate surface area is 221 Å². The Morgan fingerprint density at radius 1 is 1.24 bits per heavy atom. The van der Waals surface area contributed by atoms with Gasteiger partial charge in [-0.1, -0.05) is 56.5 Å². The first kappa shape index (κ1) is 26.4. The molecule has 0 amide bonds. The monoisotopic (exact) mass is 499 g/mol. The molecule has 1 aromatic rings. The van der Waals surface area contributed by atoms with Gasteiger partial charge in [0.1, 0.15) is 0 Å². The number of rotatable bonds is 6. The van der Waals surface area contributed by atoms with Gasteiger partial charge in [-0.15, -0.1) is 0 Å². The lowest BCUT2D eigenvalue weighted by Gasteiger charge is -2.45. The van der Waals surface area contributed by atoms with E-state index in [0.717, 1.165) is 52.5 Å². The van der Waals surface area contributed by atoms with Gasteiger partial charge in [0.25, 0.3) is 0 Å². The van der Waals surface area contributed by atoms with Crippen molar-refractivity contribution >= 4 is 23.5 Å². The molecule has 0 fully saturated rings. The van der Waals surface area contributed by atoms with Crippen molar-refractivity contribution in [1.82, 2.24) is 4.98 Å². The molecule has 0 saturated carbocycles. The lowest BCUT2D eigenvalue weighted by molar-refractivity contribution is 0.545. The summed E-state index contributed by atoms with van der Waals surface area (Å²) in [4.78, 5) is 15.6. The fourth-order valence-electron chi connectivity index (χ4n) is 5.30. The Morgan fingerprint density at radius 2 is 1.97 bits per heavy atom. The topological polar surface area (TPSA) is 35.0 Å². The quantitative estimate of drug-likeness (QED) is 0.386. The molecule has 3 unspecified atom stereocenters. The Hall–Kier alpha value is -3.67. The maximum atomic E-state index is 16.1. The molecule has 3 atom stereocenters. The van der Waals surface area contributed by atoms with E-state index in [1.165, 1.54) is 0 Å². The maximum absolute atomic E-state index is 16.1. The number of pyridine rings is 1. The lowest BCUT2D eigenvalue weighted by Crippen LogP contribution is -2.49. The SMILES string of the molecule is C=C1C(C)N(C(C)CC)c2nc(N3C(=C)C4=C(C=CCC=C4)C3C(=C/C)/C=N/C=C\C)c(F)cc2N1C. The largest absolute Gasteiger partial charge is 0.344 e. The first-order chi connectivity index (χ1) is 17.8. The second-order valence-electron chi connectivity index (χ2n) is 9.71. The number of likely N-dealkylation sites (N-methyl/N-ethyl adjacent to an activating group) is 1. The van der Waals surface area contributed by atoms with E-state index < -0.39 is 5.82 Å². The first-order valence-corrected chi connectivity index (χ1v) is 13.0. The molecular formula is C31H38FN5. The van der Waals surface area contributed by atoms with E-state index in [-0.39, 0.29) is 23.9 Å². The molecule has 4 rings (SSSR count). The minimum Gasteiger partial charge on any atom is -0.344 e. The van der Waals surface area contributed by atoms with Crippen molar-refractivity contribution in [2.75, 3.05) is 21.7 Å². The summed E-state index contributed by atoms with van der Waals surface area (Å²) in [7, 11) is 1.93. The van der Waals surface area contributed by atoms with Gasteiger partial charge >= 0.3 is 0 Å². The highest BCUT2D eigenvalue weighted by molar-refractivity contribution is 5.87. The maximum Gasteiger partial charge on any atom is 0.172 e. The van der Waals surface area contributed by atoms with Gasteiger partial charge in [0.2, 0.25) is 0 Å². The van der Waals surface area contributed by atoms with Crippen LogP contribution in [0.25, 0.3) is 0 Å². The minimum absolute atomic E-state index is 0.0376. The number of halogens is 1.